The van der Waals surface area contributed by atoms with E-state index >= 15 is 0 Å². The lowest BCUT2D eigenvalue weighted by molar-refractivity contribution is -0.115. The molecule has 1 amide bonds. The molecule has 1 aliphatic heterocycles. The Balaban J connectivity index is 1.50. The van der Waals surface area contributed by atoms with Gasteiger partial charge in [0.2, 0.25) is 15.9 Å². The molecule has 0 bridgehead atoms. The smallest absolute Gasteiger partial charge is 0.243 e. The first-order chi connectivity index (χ1) is 14.9. The van der Waals surface area contributed by atoms with Crippen molar-refractivity contribution in [1.29, 1.82) is 0 Å². The van der Waals surface area contributed by atoms with Gasteiger partial charge in [0, 0.05) is 30.2 Å². The topological polar surface area (TPSA) is 88.6 Å². The van der Waals surface area contributed by atoms with Crippen molar-refractivity contribution in [2.75, 3.05) is 18.4 Å². The average molecular weight is 440 g/mol. The van der Waals surface area contributed by atoms with Gasteiger partial charge in [-0.2, -0.15) is 4.31 Å². The first-order valence-electron chi connectivity index (χ1n) is 10.3. The molecule has 1 atom stereocenters. The van der Waals surface area contributed by atoms with Crippen LogP contribution in [0.15, 0.2) is 59.6 Å². The Kier molecular flexibility index (Phi) is 5.93. The number of aromatic nitrogens is 1. The largest absolute Gasteiger partial charge is 0.487 e. The lowest BCUT2D eigenvalue weighted by atomic mass is 10.2. The van der Waals surface area contributed by atoms with Gasteiger partial charge in [-0.1, -0.05) is 25.1 Å². The highest BCUT2D eigenvalue weighted by atomic mass is 32.2. The highest BCUT2D eigenvalue weighted by Gasteiger charge is 2.34. The van der Waals surface area contributed by atoms with E-state index in [4.69, 9.17) is 4.74 Å². The Labute approximate surface area is 182 Å². The minimum Gasteiger partial charge on any atom is -0.487 e. The molecule has 2 heterocycles. The van der Waals surface area contributed by atoms with E-state index in [1.54, 1.807) is 38.2 Å². The minimum absolute atomic E-state index is 0.113. The van der Waals surface area contributed by atoms with E-state index in [9.17, 15) is 13.2 Å². The summed E-state index contributed by atoms with van der Waals surface area (Å²) in [6, 6.07) is 14.4. The summed E-state index contributed by atoms with van der Waals surface area (Å²) >= 11 is 0. The fourth-order valence-electron chi connectivity index (χ4n) is 3.77. The molecule has 7 nitrogen and oxygen atoms in total. The van der Waals surface area contributed by atoms with Gasteiger partial charge in [-0.05, 0) is 49.2 Å². The van der Waals surface area contributed by atoms with Crippen molar-refractivity contribution >= 4 is 32.5 Å². The molecule has 0 radical (unpaired) electrons. The molecular weight excluding hydrogens is 414 g/mol. The summed E-state index contributed by atoms with van der Waals surface area (Å²) in [5.74, 6) is 0.548. The van der Waals surface area contributed by atoms with E-state index in [0.29, 0.717) is 36.4 Å². The van der Waals surface area contributed by atoms with Crippen LogP contribution in [0.5, 0.6) is 5.75 Å². The van der Waals surface area contributed by atoms with Crippen molar-refractivity contribution < 1.29 is 17.9 Å². The second-order valence-electron chi connectivity index (χ2n) is 7.60. The quantitative estimate of drug-likeness (QED) is 0.632. The van der Waals surface area contributed by atoms with Crippen LogP contribution in [-0.2, 0) is 14.8 Å². The monoisotopic (exact) mass is 439 g/mol. The van der Waals surface area contributed by atoms with Crippen LogP contribution in [0.1, 0.15) is 25.3 Å². The highest BCUT2D eigenvalue weighted by Crippen LogP contribution is 2.29. The third-order valence-corrected chi connectivity index (χ3v) is 7.42. The lowest BCUT2D eigenvalue weighted by Gasteiger charge is -2.19. The average Bonchev–Trinajstić information content (AvgIpc) is 3.23. The molecule has 1 N–H and O–H groups in total. The van der Waals surface area contributed by atoms with Crippen molar-refractivity contribution in [2.24, 2.45) is 0 Å². The number of para-hydroxylation sites is 1. The molecular formula is C23H25N3O4S. The number of hydrogen-bond acceptors (Lipinski definition) is 5. The van der Waals surface area contributed by atoms with Crippen LogP contribution in [0.2, 0.25) is 0 Å². The molecule has 162 valence electrons. The zero-order valence-electron chi connectivity index (χ0n) is 17.5. The molecule has 1 aliphatic rings. The van der Waals surface area contributed by atoms with Gasteiger partial charge in [0.25, 0.3) is 0 Å². The van der Waals surface area contributed by atoms with Crippen LogP contribution in [0, 0.1) is 6.92 Å². The summed E-state index contributed by atoms with van der Waals surface area (Å²) in [6.07, 6.45) is 2.44. The Morgan fingerprint density at radius 1 is 1.23 bits per heavy atom. The number of sulfonamides is 1. The Bertz CT molecular complexity index is 1220. The van der Waals surface area contributed by atoms with Crippen LogP contribution in [-0.4, -0.2) is 42.8 Å². The molecule has 31 heavy (non-hydrogen) atoms. The van der Waals surface area contributed by atoms with E-state index in [-0.39, 0.29) is 23.5 Å². The number of nitrogens with one attached hydrogen (secondary N) is 1. The van der Waals surface area contributed by atoms with Crippen molar-refractivity contribution in [2.45, 2.75) is 37.7 Å². The maximum atomic E-state index is 13.2. The van der Waals surface area contributed by atoms with E-state index in [1.165, 1.54) is 4.31 Å². The second kappa shape index (κ2) is 8.64. The van der Waals surface area contributed by atoms with E-state index in [1.807, 2.05) is 30.3 Å². The maximum absolute atomic E-state index is 13.2. The Morgan fingerprint density at radius 2 is 2.03 bits per heavy atom. The number of ether oxygens (including phenoxy) is 1. The number of pyridine rings is 1. The van der Waals surface area contributed by atoms with Crippen molar-refractivity contribution in [3.8, 4) is 5.75 Å². The van der Waals surface area contributed by atoms with Gasteiger partial charge in [0.1, 0.15) is 17.4 Å². The van der Waals surface area contributed by atoms with Gasteiger partial charge in [-0.3, -0.25) is 9.78 Å². The molecule has 0 spiro atoms. The molecule has 1 aromatic heterocycles. The molecule has 2 aromatic carbocycles. The highest BCUT2D eigenvalue weighted by molar-refractivity contribution is 7.89. The molecule has 1 unspecified atom stereocenters. The minimum atomic E-state index is -3.66. The Hall–Kier alpha value is -2.97. The standard InChI is InChI=1S/C23H25N3O4S/c1-3-22(27)25-18-9-10-21(16(2)14-18)31(28,29)26-13-11-19(15-26)30-20-8-4-6-17-7-5-12-24-23(17)20/h4-10,12,14,19H,3,11,13,15H2,1-2H3,(H,25,27). The number of benzene rings is 2. The number of rotatable bonds is 6. The molecule has 1 fully saturated rings. The Morgan fingerprint density at radius 3 is 2.81 bits per heavy atom. The summed E-state index contributed by atoms with van der Waals surface area (Å²) < 4.78 is 34.1. The van der Waals surface area contributed by atoms with Crippen molar-refractivity contribution in [1.82, 2.24) is 9.29 Å². The number of fused-ring (bicyclic) bond motifs is 1. The summed E-state index contributed by atoms with van der Waals surface area (Å²) in [6.45, 7) is 4.17. The van der Waals surface area contributed by atoms with Gasteiger partial charge in [-0.15, -0.1) is 0 Å². The van der Waals surface area contributed by atoms with Crippen LogP contribution in [0.4, 0.5) is 5.69 Å². The van der Waals surface area contributed by atoms with Crippen LogP contribution in [0.25, 0.3) is 10.9 Å². The summed E-state index contributed by atoms with van der Waals surface area (Å²) in [5, 5.41) is 3.74. The third-order valence-electron chi connectivity index (χ3n) is 5.39. The number of aryl methyl sites for hydroxylation is 1. The first kappa shape index (κ1) is 21.3. The predicted octanol–water partition coefficient (Wildman–Crippen LogP) is 3.73. The SMILES string of the molecule is CCC(=O)Nc1ccc(S(=O)(=O)N2CCC(Oc3cccc4cccnc34)C2)c(C)c1. The fourth-order valence-corrected chi connectivity index (χ4v) is 5.46. The second-order valence-corrected chi connectivity index (χ2v) is 9.51. The summed E-state index contributed by atoms with van der Waals surface area (Å²) in [7, 11) is -3.66. The van der Waals surface area contributed by atoms with E-state index in [0.717, 1.165) is 10.9 Å². The van der Waals surface area contributed by atoms with Gasteiger partial charge < -0.3 is 10.1 Å². The van der Waals surface area contributed by atoms with E-state index < -0.39 is 10.0 Å². The van der Waals surface area contributed by atoms with Gasteiger partial charge in [0.05, 0.1) is 11.4 Å². The van der Waals surface area contributed by atoms with Crippen LogP contribution < -0.4 is 10.1 Å². The molecule has 0 saturated carbocycles. The molecule has 1 saturated heterocycles. The van der Waals surface area contributed by atoms with Gasteiger partial charge in [-0.25, -0.2) is 8.42 Å². The normalized spacial score (nSPS) is 17.0. The number of carbonyl (C=O) groups excluding carboxylic acids is 1. The van der Waals surface area contributed by atoms with E-state index in [2.05, 4.69) is 10.3 Å². The van der Waals surface area contributed by atoms with Crippen LogP contribution in [0.3, 0.4) is 0 Å². The number of nitrogens with zero attached hydrogens (tertiary/aromatic N) is 2. The molecule has 0 aliphatic carbocycles. The van der Waals surface area contributed by atoms with Gasteiger partial charge >= 0.3 is 0 Å². The zero-order valence-corrected chi connectivity index (χ0v) is 18.4. The third kappa shape index (κ3) is 4.40. The van der Waals surface area contributed by atoms with Crippen molar-refractivity contribution in [3.63, 3.8) is 0 Å². The van der Waals surface area contributed by atoms with Crippen molar-refractivity contribution in [3.05, 3.63) is 60.3 Å². The lowest BCUT2D eigenvalue weighted by Crippen LogP contribution is -2.31. The predicted molar refractivity (Wildman–Crippen MR) is 120 cm³/mol. The maximum Gasteiger partial charge on any atom is 0.243 e. The molecule has 3 aromatic rings. The summed E-state index contributed by atoms with van der Waals surface area (Å²) in [4.78, 5) is 16.2. The number of hydrogen-bond donors (Lipinski definition) is 1. The number of amides is 1. The zero-order chi connectivity index (χ0) is 22.0. The fraction of sp³-hybridized carbons (Fsp3) is 0.304. The summed E-state index contributed by atoms with van der Waals surface area (Å²) in [5.41, 5.74) is 1.96. The first-order valence-corrected chi connectivity index (χ1v) is 11.7. The number of anilines is 1. The number of carbonyl (C=O) groups is 1. The van der Waals surface area contributed by atoms with Gasteiger partial charge in [0.15, 0.2) is 0 Å². The molecule has 8 heteroatoms. The molecule has 4 rings (SSSR count). The van der Waals surface area contributed by atoms with Crippen LogP contribution >= 0.6 is 0 Å².